The van der Waals surface area contributed by atoms with Crippen LogP contribution in [0, 0.1) is 12.7 Å². The zero-order valence-corrected chi connectivity index (χ0v) is 17.0. The molecular formula is C25H18FN3O2. The van der Waals surface area contributed by atoms with Crippen molar-refractivity contribution in [1.82, 2.24) is 14.1 Å². The van der Waals surface area contributed by atoms with Gasteiger partial charge in [-0.25, -0.2) is 9.37 Å². The third kappa shape index (κ3) is 2.87. The van der Waals surface area contributed by atoms with E-state index < -0.39 is 11.4 Å². The van der Waals surface area contributed by atoms with Gasteiger partial charge in [-0.2, -0.15) is 0 Å². The van der Waals surface area contributed by atoms with Gasteiger partial charge in [-0.1, -0.05) is 36.4 Å². The Hall–Kier alpha value is -4.06. The number of halogens is 1. The molecule has 0 aliphatic rings. The first kappa shape index (κ1) is 18.9. The lowest BCUT2D eigenvalue weighted by atomic mass is 10.1. The molecule has 0 radical (unpaired) electrons. The minimum Gasteiger partial charge on any atom is -0.328 e. The lowest BCUT2D eigenvalue weighted by Crippen LogP contribution is -2.28. The normalized spacial score (nSPS) is 11.3. The van der Waals surface area contributed by atoms with Crippen LogP contribution < -0.4 is 11.0 Å². The maximum absolute atomic E-state index is 13.8. The first-order valence-corrected chi connectivity index (χ1v) is 9.84. The summed E-state index contributed by atoms with van der Waals surface area (Å²) in [6, 6.07) is 20.3. The Labute approximate surface area is 176 Å². The van der Waals surface area contributed by atoms with Crippen molar-refractivity contribution >= 4 is 21.9 Å². The van der Waals surface area contributed by atoms with Crippen LogP contribution in [0.5, 0.6) is 0 Å². The van der Waals surface area contributed by atoms with Gasteiger partial charge in [0.15, 0.2) is 5.65 Å². The molecule has 152 valence electrons. The number of hydrogen-bond acceptors (Lipinski definition) is 3. The van der Waals surface area contributed by atoms with Gasteiger partial charge in [-0.15, -0.1) is 0 Å². The van der Waals surface area contributed by atoms with Crippen LogP contribution in [0.15, 0.2) is 82.4 Å². The number of fused-ring (bicyclic) bond motifs is 2. The highest BCUT2D eigenvalue weighted by Crippen LogP contribution is 2.25. The van der Waals surface area contributed by atoms with Gasteiger partial charge in [0.25, 0.3) is 5.56 Å². The highest BCUT2D eigenvalue weighted by Gasteiger charge is 2.20. The molecule has 0 spiro atoms. The number of hydrogen-bond donors (Lipinski definition) is 0. The molecule has 0 aliphatic heterocycles. The highest BCUT2D eigenvalue weighted by atomic mass is 19.1. The van der Waals surface area contributed by atoms with E-state index in [2.05, 4.69) is 0 Å². The summed E-state index contributed by atoms with van der Waals surface area (Å²) in [5.41, 5.74) is 2.28. The van der Waals surface area contributed by atoms with Crippen molar-refractivity contribution in [1.29, 1.82) is 0 Å². The second-order valence-corrected chi connectivity index (χ2v) is 7.47. The molecule has 0 saturated heterocycles. The molecule has 2 aromatic heterocycles. The van der Waals surface area contributed by atoms with Crippen molar-refractivity contribution in [2.24, 2.45) is 7.05 Å². The summed E-state index contributed by atoms with van der Waals surface area (Å²) in [5.74, 6) is -0.0163. The van der Waals surface area contributed by atoms with Gasteiger partial charge in [-0.05, 0) is 48.9 Å². The van der Waals surface area contributed by atoms with Crippen molar-refractivity contribution in [3.05, 3.63) is 105 Å². The number of aromatic nitrogens is 3. The molecule has 3 aromatic carbocycles. The smallest absolute Gasteiger partial charge is 0.271 e. The molecule has 31 heavy (non-hydrogen) atoms. The van der Waals surface area contributed by atoms with E-state index in [0.717, 1.165) is 11.1 Å². The van der Waals surface area contributed by atoms with Crippen LogP contribution in [0.4, 0.5) is 4.39 Å². The van der Waals surface area contributed by atoms with Crippen LogP contribution in [-0.4, -0.2) is 14.1 Å². The van der Waals surface area contributed by atoms with Crippen molar-refractivity contribution in [3.63, 3.8) is 0 Å². The summed E-state index contributed by atoms with van der Waals surface area (Å²) in [7, 11) is 1.79. The van der Waals surface area contributed by atoms with E-state index in [1.54, 1.807) is 23.7 Å². The Bertz CT molecular complexity index is 1600. The Morgan fingerprint density at radius 1 is 0.871 bits per heavy atom. The zero-order valence-electron chi connectivity index (χ0n) is 17.0. The van der Waals surface area contributed by atoms with Gasteiger partial charge in [0.1, 0.15) is 17.0 Å². The summed E-state index contributed by atoms with van der Waals surface area (Å²) in [6.07, 6.45) is 0. The van der Waals surface area contributed by atoms with E-state index in [4.69, 9.17) is 4.98 Å². The minimum atomic E-state index is -0.485. The summed E-state index contributed by atoms with van der Waals surface area (Å²) in [6.45, 7) is 1.93. The molecule has 0 aliphatic carbocycles. The molecule has 0 amide bonds. The molecule has 0 atom stereocenters. The molecule has 0 fully saturated rings. The number of pyridine rings is 1. The highest BCUT2D eigenvalue weighted by molar-refractivity contribution is 5.92. The van der Waals surface area contributed by atoms with E-state index >= 15 is 0 Å². The van der Waals surface area contributed by atoms with Crippen LogP contribution in [0.25, 0.3) is 39.0 Å². The number of rotatable bonds is 2. The maximum Gasteiger partial charge on any atom is 0.271 e. The van der Waals surface area contributed by atoms with E-state index in [-0.39, 0.29) is 10.8 Å². The first-order valence-electron chi connectivity index (χ1n) is 9.84. The Kier molecular flexibility index (Phi) is 4.29. The van der Waals surface area contributed by atoms with Crippen LogP contribution in [0.2, 0.25) is 0 Å². The lowest BCUT2D eigenvalue weighted by molar-refractivity contribution is 0.627. The predicted octanol–water partition coefficient (Wildman–Crippen LogP) is 4.35. The zero-order chi connectivity index (χ0) is 21.7. The standard InChI is InChI=1S/C25H18FN3O2/c1-15-7-3-4-8-18(15)23-27-24-21(22(30)19-9-5-6-10-20(19)28(24)2)25(31)29(23)17-13-11-16(26)12-14-17/h3-14H,1-2H3. The van der Waals surface area contributed by atoms with Crippen molar-refractivity contribution in [2.75, 3.05) is 0 Å². The predicted molar refractivity (Wildman–Crippen MR) is 120 cm³/mol. The van der Waals surface area contributed by atoms with Crippen molar-refractivity contribution in [2.45, 2.75) is 6.92 Å². The van der Waals surface area contributed by atoms with Gasteiger partial charge >= 0.3 is 0 Å². The van der Waals surface area contributed by atoms with Crippen LogP contribution >= 0.6 is 0 Å². The van der Waals surface area contributed by atoms with Crippen LogP contribution in [0.1, 0.15) is 5.56 Å². The molecule has 0 N–H and O–H groups in total. The SMILES string of the molecule is Cc1ccccc1-c1nc2c(c(=O)c3ccccc3n2C)c(=O)n1-c1ccc(F)cc1. The second kappa shape index (κ2) is 7.02. The molecule has 5 aromatic rings. The number of nitrogens with zero attached hydrogens (tertiary/aromatic N) is 3. The maximum atomic E-state index is 13.8. The largest absolute Gasteiger partial charge is 0.328 e. The number of aryl methyl sites for hydroxylation is 2. The molecule has 2 heterocycles. The molecule has 6 heteroatoms. The van der Waals surface area contributed by atoms with Gasteiger partial charge in [0.05, 0.1) is 11.2 Å². The summed E-state index contributed by atoms with van der Waals surface area (Å²) in [4.78, 5) is 31.8. The molecular weight excluding hydrogens is 393 g/mol. The molecule has 0 unspecified atom stereocenters. The quantitative estimate of drug-likeness (QED) is 0.406. The Morgan fingerprint density at radius 3 is 2.29 bits per heavy atom. The molecule has 5 rings (SSSR count). The van der Waals surface area contributed by atoms with Gasteiger partial charge in [0.2, 0.25) is 5.43 Å². The average Bonchev–Trinajstić information content (AvgIpc) is 2.78. The van der Waals surface area contributed by atoms with Crippen LogP contribution in [-0.2, 0) is 7.05 Å². The van der Waals surface area contributed by atoms with Gasteiger partial charge < -0.3 is 4.57 Å². The average molecular weight is 411 g/mol. The fraction of sp³-hybridized carbons (Fsp3) is 0.0800. The Morgan fingerprint density at radius 2 is 1.55 bits per heavy atom. The lowest BCUT2D eigenvalue weighted by Gasteiger charge is -2.17. The number of para-hydroxylation sites is 1. The Balaban J connectivity index is 2.03. The second-order valence-electron chi connectivity index (χ2n) is 7.47. The molecule has 0 bridgehead atoms. The van der Waals surface area contributed by atoms with Crippen molar-refractivity contribution < 1.29 is 4.39 Å². The van der Waals surface area contributed by atoms with Gasteiger partial charge in [0, 0.05) is 18.0 Å². The van der Waals surface area contributed by atoms with Crippen LogP contribution in [0.3, 0.4) is 0 Å². The fourth-order valence-electron chi connectivity index (χ4n) is 3.99. The van der Waals surface area contributed by atoms with Gasteiger partial charge in [-0.3, -0.25) is 14.2 Å². The van der Waals surface area contributed by atoms with E-state index in [1.807, 2.05) is 43.3 Å². The summed E-state index contributed by atoms with van der Waals surface area (Å²) < 4.78 is 16.7. The fourth-order valence-corrected chi connectivity index (χ4v) is 3.99. The molecule has 0 saturated carbocycles. The summed E-state index contributed by atoms with van der Waals surface area (Å²) >= 11 is 0. The topological polar surface area (TPSA) is 56.9 Å². The van der Waals surface area contributed by atoms with E-state index in [0.29, 0.717) is 28.1 Å². The monoisotopic (exact) mass is 411 g/mol. The van der Waals surface area contributed by atoms with E-state index in [9.17, 15) is 14.0 Å². The molecule has 5 nitrogen and oxygen atoms in total. The third-order valence-corrected chi connectivity index (χ3v) is 5.59. The first-order chi connectivity index (χ1) is 15.0. The minimum absolute atomic E-state index is 0.00265. The van der Waals surface area contributed by atoms with E-state index in [1.165, 1.54) is 28.8 Å². The van der Waals surface area contributed by atoms with Crippen molar-refractivity contribution in [3.8, 4) is 17.1 Å². The summed E-state index contributed by atoms with van der Waals surface area (Å²) in [5, 5.41) is 0.452. The third-order valence-electron chi connectivity index (χ3n) is 5.59. The number of benzene rings is 3.